The van der Waals surface area contributed by atoms with Crippen molar-refractivity contribution in [1.29, 1.82) is 0 Å². The summed E-state index contributed by atoms with van der Waals surface area (Å²) in [5.41, 5.74) is 0.701. The van der Waals surface area contributed by atoms with Crippen LogP contribution in [0.2, 0.25) is 0 Å². The van der Waals surface area contributed by atoms with E-state index < -0.39 is 15.4 Å². The molecule has 27 heavy (non-hydrogen) atoms. The van der Waals surface area contributed by atoms with Crippen molar-refractivity contribution >= 4 is 32.4 Å². The van der Waals surface area contributed by atoms with Gasteiger partial charge in [0.2, 0.25) is 10.0 Å². The molecule has 2 N–H and O–H groups in total. The fourth-order valence-corrected chi connectivity index (χ4v) is 6.44. The van der Waals surface area contributed by atoms with Crippen LogP contribution in [0.3, 0.4) is 0 Å². The van der Waals surface area contributed by atoms with E-state index in [0.29, 0.717) is 54.7 Å². The number of nitrogens with zero attached hydrogens (tertiary/aromatic N) is 1. The first-order valence-electron chi connectivity index (χ1n) is 9.02. The number of hydrogen-bond acceptors (Lipinski definition) is 5. The van der Waals surface area contributed by atoms with Crippen LogP contribution in [0.4, 0.5) is 5.69 Å². The molecule has 1 amide bonds. The third kappa shape index (κ3) is 2.30. The van der Waals surface area contributed by atoms with Gasteiger partial charge in [-0.25, -0.2) is 8.42 Å². The molecule has 3 aliphatic rings. The molecule has 0 radical (unpaired) electrons. The number of amides is 1. The maximum Gasteiger partial charge on any atom is 0.256 e. The van der Waals surface area contributed by atoms with Crippen LogP contribution >= 0.6 is 0 Å². The summed E-state index contributed by atoms with van der Waals surface area (Å²) in [5.74, 6) is -0.222. The highest BCUT2D eigenvalue weighted by atomic mass is 32.2. The summed E-state index contributed by atoms with van der Waals surface area (Å²) < 4.78 is 33.9. The summed E-state index contributed by atoms with van der Waals surface area (Å²) in [6, 6.07) is 8.36. The highest BCUT2D eigenvalue weighted by molar-refractivity contribution is 7.89. The molecular weight excluding hydrogens is 368 g/mol. The minimum Gasteiger partial charge on any atom is -0.396 e. The van der Waals surface area contributed by atoms with Crippen LogP contribution < -0.4 is 5.32 Å². The minimum absolute atomic E-state index is 0.00829. The van der Waals surface area contributed by atoms with E-state index in [-0.39, 0.29) is 23.3 Å². The number of sulfonamides is 1. The van der Waals surface area contributed by atoms with Gasteiger partial charge in [0.05, 0.1) is 18.1 Å². The van der Waals surface area contributed by atoms with E-state index in [4.69, 9.17) is 4.74 Å². The van der Waals surface area contributed by atoms with Gasteiger partial charge in [-0.3, -0.25) is 4.79 Å². The number of carbonyl (C=O) groups excluding carboxylic acids is 1. The number of carbonyl (C=O) groups is 1. The monoisotopic (exact) mass is 388 g/mol. The van der Waals surface area contributed by atoms with Gasteiger partial charge in [0.15, 0.2) is 0 Å². The Labute approximate surface area is 157 Å². The Bertz CT molecular complexity index is 1070. The molecule has 0 bridgehead atoms. The summed E-state index contributed by atoms with van der Waals surface area (Å²) in [6.07, 6.45) is 0.655. The van der Waals surface area contributed by atoms with E-state index in [0.717, 1.165) is 0 Å². The number of rotatable bonds is 3. The standard InChI is InChI=1S/C19H20N2O5S/c22-11-19-6-7-26-9-12(19)8-21(10-19)27(24,25)16-5-4-15-17-13(16)2-1-3-14(17)18(23)20-15/h1-5,12,22H,6-11H2,(H,20,23)/t12-,19-/m1/s1. The summed E-state index contributed by atoms with van der Waals surface area (Å²) in [7, 11) is -3.77. The predicted octanol–water partition coefficient (Wildman–Crippen LogP) is 1.42. The largest absolute Gasteiger partial charge is 0.396 e. The molecule has 7 nitrogen and oxygen atoms in total. The first kappa shape index (κ1) is 17.1. The van der Waals surface area contributed by atoms with Gasteiger partial charge in [0, 0.05) is 53.1 Å². The lowest BCUT2D eigenvalue weighted by atomic mass is 9.75. The number of benzene rings is 2. The molecule has 142 valence electrons. The molecule has 0 spiro atoms. The second kappa shape index (κ2) is 5.75. The molecule has 5 rings (SSSR count). The van der Waals surface area contributed by atoms with Crippen LogP contribution in [-0.4, -0.2) is 56.6 Å². The molecule has 2 fully saturated rings. The van der Waals surface area contributed by atoms with E-state index >= 15 is 0 Å². The van der Waals surface area contributed by atoms with Gasteiger partial charge in [-0.15, -0.1) is 0 Å². The lowest BCUT2D eigenvalue weighted by molar-refractivity contribution is -0.0414. The molecule has 2 aromatic rings. The SMILES string of the molecule is O=C1Nc2ccc(S(=O)(=O)N3C[C@@H]4COCC[C@]4(CO)C3)c3cccc1c23. The molecule has 3 aliphatic heterocycles. The Kier molecular flexibility index (Phi) is 3.64. The number of ether oxygens (including phenoxy) is 1. The van der Waals surface area contributed by atoms with Gasteiger partial charge in [-0.1, -0.05) is 12.1 Å². The maximum atomic E-state index is 13.5. The molecule has 0 aromatic heterocycles. The highest BCUT2D eigenvalue weighted by Crippen LogP contribution is 2.45. The predicted molar refractivity (Wildman–Crippen MR) is 99.1 cm³/mol. The molecule has 2 saturated heterocycles. The van der Waals surface area contributed by atoms with Gasteiger partial charge < -0.3 is 15.2 Å². The maximum absolute atomic E-state index is 13.5. The Balaban J connectivity index is 1.61. The van der Waals surface area contributed by atoms with Crippen LogP contribution in [0.5, 0.6) is 0 Å². The topological polar surface area (TPSA) is 95.9 Å². The third-order valence-electron chi connectivity index (χ3n) is 6.27. The van der Waals surface area contributed by atoms with E-state index in [1.54, 1.807) is 30.3 Å². The Morgan fingerprint density at radius 1 is 1.30 bits per heavy atom. The van der Waals surface area contributed by atoms with E-state index in [2.05, 4.69) is 5.32 Å². The van der Waals surface area contributed by atoms with Crippen molar-refractivity contribution in [3.63, 3.8) is 0 Å². The second-order valence-electron chi connectivity index (χ2n) is 7.63. The first-order valence-corrected chi connectivity index (χ1v) is 10.5. The molecule has 0 saturated carbocycles. The molecular formula is C19H20N2O5S. The molecule has 3 heterocycles. The van der Waals surface area contributed by atoms with Gasteiger partial charge >= 0.3 is 0 Å². The van der Waals surface area contributed by atoms with E-state index in [9.17, 15) is 18.3 Å². The number of anilines is 1. The van der Waals surface area contributed by atoms with Crippen LogP contribution in [-0.2, 0) is 14.8 Å². The Hall–Kier alpha value is -2.00. The number of fused-ring (bicyclic) bond motifs is 1. The molecule has 0 unspecified atom stereocenters. The summed E-state index contributed by atoms with van der Waals surface area (Å²) >= 11 is 0. The summed E-state index contributed by atoms with van der Waals surface area (Å²) in [6.45, 7) is 1.59. The van der Waals surface area contributed by atoms with Crippen molar-refractivity contribution in [2.45, 2.75) is 11.3 Å². The molecule has 8 heteroatoms. The number of aliphatic hydroxyl groups excluding tert-OH is 1. The first-order chi connectivity index (χ1) is 13.0. The minimum atomic E-state index is -3.77. The summed E-state index contributed by atoms with van der Waals surface area (Å²) in [4.78, 5) is 12.3. The summed E-state index contributed by atoms with van der Waals surface area (Å²) in [5, 5.41) is 13.9. The Morgan fingerprint density at radius 3 is 2.93 bits per heavy atom. The third-order valence-corrected chi connectivity index (χ3v) is 8.14. The number of hydrogen-bond donors (Lipinski definition) is 2. The van der Waals surface area contributed by atoms with Crippen LogP contribution in [0.1, 0.15) is 16.8 Å². The van der Waals surface area contributed by atoms with Crippen molar-refractivity contribution < 1.29 is 23.1 Å². The lowest BCUT2D eigenvalue weighted by Gasteiger charge is -2.36. The molecule has 2 aromatic carbocycles. The average molecular weight is 388 g/mol. The molecule has 0 aliphatic carbocycles. The van der Waals surface area contributed by atoms with Crippen LogP contribution in [0, 0.1) is 11.3 Å². The normalized spacial score (nSPS) is 27.7. The molecule has 2 atom stereocenters. The zero-order valence-electron chi connectivity index (χ0n) is 14.6. The quantitative estimate of drug-likeness (QED) is 0.829. The zero-order chi connectivity index (χ0) is 18.8. The second-order valence-corrected chi connectivity index (χ2v) is 9.54. The van der Waals surface area contributed by atoms with Gasteiger partial charge in [0.1, 0.15) is 0 Å². The van der Waals surface area contributed by atoms with Crippen LogP contribution in [0.15, 0.2) is 35.2 Å². The van der Waals surface area contributed by atoms with Crippen molar-refractivity contribution in [1.82, 2.24) is 4.31 Å². The van der Waals surface area contributed by atoms with Crippen molar-refractivity contribution in [3.05, 3.63) is 35.9 Å². The fraction of sp³-hybridized carbons (Fsp3) is 0.421. The van der Waals surface area contributed by atoms with Crippen molar-refractivity contribution in [2.75, 3.05) is 38.2 Å². The van der Waals surface area contributed by atoms with Crippen molar-refractivity contribution in [3.8, 4) is 0 Å². The van der Waals surface area contributed by atoms with Gasteiger partial charge in [0.25, 0.3) is 5.91 Å². The zero-order valence-corrected chi connectivity index (χ0v) is 15.5. The van der Waals surface area contributed by atoms with E-state index in [1.807, 2.05) is 0 Å². The van der Waals surface area contributed by atoms with Crippen molar-refractivity contribution in [2.24, 2.45) is 11.3 Å². The number of aliphatic hydroxyl groups is 1. The lowest BCUT2D eigenvalue weighted by Crippen LogP contribution is -2.41. The van der Waals surface area contributed by atoms with Crippen LogP contribution in [0.25, 0.3) is 10.8 Å². The smallest absolute Gasteiger partial charge is 0.256 e. The number of nitrogens with one attached hydrogen (secondary N) is 1. The fourth-order valence-electron chi connectivity index (χ4n) is 4.67. The van der Waals surface area contributed by atoms with E-state index in [1.165, 1.54) is 4.31 Å². The Morgan fingerprint density at radius 2 is 2.15 bits per heavy atom. The average Bonchev–Trinajstić information content (AvgIpc) is 3.22. The van der Waals surface area contributed by atoms with Gasteiger partial charge in [-0.05, 0) is 24.6 Å². The van der Waals surface area contributed by atoms with Gasteiger partial charge in [-0.2, -0.15) is 4.31 Å². The highest BCUT2D eigenvalue weighted by Gasteiger charge is 2.51.